The van der Waals surface area contributed by atoms with Crippen LogP contribution < -0.4 is 5.32 Å². The molecular formula is C13H18F2N2O. The van der Waals surface area contributed by atoms with Crippen molar-refractivity contribution in [3.05, 3.63) is 24.5 Å². The van der Waals surface area contributed by atoms with Gasteiger partial charge in [-0.2, -0.15) is 5.26 Å². The van der Waals surface area contributed by atoms with E-state index in [1.165, 1.54) is 12.2 Å². The van der Waals surface area contributed by atoms with Crippen molar-refractivity contribution in [3.63, 3.8) is 0 Å². The average Bonchev–Trinajstić information content (AvgIpc) is 2.30. The van der Waals surface area contributed by atoms with Crippen molar-refractivity contribution in [2.45, 2.75) is 32.3 Å². The van der Waals surface area contributed by atoms with Crippen molar-refractivity contribution in [2.75, 3.05) is 13.1 Å². The van der Waals surface area contributed by atoms with E-state index in [-0.39, 0.29) is 12.2 Å². The number of nitrogens with zero attached hydrogens (tertiary/aromatic N) is 1. The first-order valence-electron chi connectivity index (χ1n) is 5.83. The fraction of sp³-hybridized carbons (Fsp3) is 0.615. The van der Waals surface area contributed by atoms with Crippen LogP contribution in [-0.4, -0.2) is 25.1 Å². The minimum Gasteiger partial charge on any atom is -0.487 e. The van der Waals surface area contributed by atoms with Gasteiger partial charge in [0.2, 0.25) is 0 Å². The van der Waals surface area contributed by atoms with Gasteiger partial charge in [0.1, 0.15) is 11.2 Å². The van der Waals surface area contributed by atoms with Gasteiger partial charge in [-0.05, 0) is 26.5 Å². The van der Waals surface area contributed by atoms with Crippen molar-refractivity contribution < 1.29 is 13.5 Å². The first kappa shape index (κ1) is 14.7. The molecule has 100 valence electrons. The van der Waals surface area contributed by atoms with Crippen molar-refractivity contribution in [3.8, 4) is 6.07 Å². The molecule has 1 heterocycles. The van der Waals surface area contributed by atoms with Gasteiger partial charge >= 0.3 is 0 Å². The predicted molar refractivity (Wildman–Crippen MR) is 65.0 cm³/mol. The Kier molecular flexibility index (Phi) is 4.47. The topological polar surface area (TPSA) is 45.0 Å². The monoisotopic (exact) mass is 256 g/mol. The number of rotatable bonds is 4. The van der Waals surface area contributed by atoms with Gasteiger partial charge in [0.05, 0.1) is 12.6 Å². The van der Waals surface area contributed by atoms with E-state index in [0.717, 1.165) is 0 Å². The third kappa shape index (κ3) is 3.30. The summed E-state index contributed by atoms with van der Waals surface area (Å²) in [6.07, 6.45) is 1.93. The SMILES string of the molecule is C=C/C=C(/OC1CCNCC1(F)F)C(C)(C)C#N. The fourth-order valence-corrected chi connectivity index (χ4v) is 1.67. The molecule has 1 aliphatic heterocycles. The van der Waals surface area contributed by atoms with E-state index in [4.69, 9.17) is 10.00 Å². The Balaban J connectivity index is 2.89. The number of piperidine rings is 1. The molecule has 0 amide bonds. The summed E-state index contributed by atoms with van der Waals surface area (Å²) in [6, 6.07) is 2.04. The molecule has 1 N–H and O–H groups in total. The van der Waals surface area contributed by atoms with Crippen molar-refractivity contribution in [1.29, 1.82) is 5.26 Å². The fourth-order valence-electron chi connectivity index (χ4n) is 1.67. The summed E-state index contributed by atoms with van der Waals surface area (Å²) in [5.41, 5.74) is -0.949. The van der Waals surface area contributed by atoms with E-state index in [9.17, 15) is 8.78 Å². The summed E-state index contributed by atoms with van der Waals surface area (Å²) in [7, 11) is 0. The van der Waals surface area contributed by atoms with Gasteiger partial charge < -0.3 is 10.1 Å². The molecule has 0 bridgehead atoms. The van der Waals surface area contributed by atoms with Crippen LogP contribution in [0.5, 0.6) is 0 Å². The van der Waals surface area contributed by atoms with Gasteiger partial charge in [0.15, 0.2) is 6.10 Å². The Morgan fingerprint density at radius 2 is 2.28 bits per heavy atom. The zero-order chi connectivity index (χ0) is 13.8. The van der Waals surface area contributed by atoms with Crippen LogP contribution in [0.4, 0.5) is 8.78 Å². The van der Waals surface area contributed by atoms with Crippen LogP contribution in [0.25, 0.3) is 0 Å². The summed E-state index contributed by atoms with van der Waals surface area (Å²) < 4.78 is 32.7. The van der Waals surface area contributed by atoms with E-state index < -0.39 is 24.0 Å². The molecule has 1 atom stereocenters. The molecule has 0 aromatic rings. The summed E-state index contributed by atoms with van der Waals surface area (Å²) in [5.74, 6) is -2.70. The van der Waals surface area contributed by atoms with Gasteiger partial charge in [0, 0.05) is 6.42 Å². The molecule has 0 radical (unpaired) electrons. The van der Waals surface area contributed by atoms with Gasteiger partial charge in [0.25, 0.3) is 5.92 Å². The maximum Gasteiger partial charge on any atom is 0.296 e. The molecule has 1 fully saturated rings. The molecule has 1 aliphatic rings. The highest BCUT2D eigenvalue weighted by atomic mass is 19.3. The maximum atomic E-state index is 13.6. The van der Waals surface area contributed by atoms with Crippen molar-refractivity contribution >= 4 is 0 Å². The number of halogens is 2. The summed E-state index contributed by atoms with van der Waals surface area (Å²) >= 11 is 0. The second-order valence-corrected chi connectivity index (χ2v) is 4.84. The average molecular weight is 256 g/mol. The molecule has 1 saturated heterocycles. The molecule has 3 nitrogen and oxygen atoms in total. The van der Waals surface area contributed by atoms with E-state index in [1.54, 1.807) is 13.8 Å². The molecule has 1 rings (SSSR count). The lowest BCUT2D eigenvalue weighted by Gasteiger charge is -2.34. The van der Waals surface area contributed by atoms with Crippen molar-refractivity contribution in [1.82, 2.24) is 5.32 Å². The molecule has 0 saturated carbocycles. The lowest BCUT2D eigenvalue weighted by atomic mass is 9.92. The molecule has 0 aliphatic carbocycles. The minimum absolute atomic E-state index is 0.211. The summed E-state index contributed by atoms with van der Waals surface area (Å²) in [5, 5.41) is 11.7. The Morgan fingerprint density at radius 3 is 2.78 bits per heavy atom. The number of nitriles is 1. The number of hydrogen-bond acceptors (Lipinski definition) is 3. The third-order valence-electron chi connectivity index (χ3n) is 2.85. The molecule has 18 heavy (non-hydrogen) atoms. The highest BCUT2D eigenvalue weighted by Gasteiger charge is 2.44. The van der Waals surface area contributed by atoms with E-state index in [1.807, 2.05) is 6.07 Å². The van der Waals surface area contributed by atoms with E-state index >= 15 is 0 Å². The Hall–Kier alpha value is -1.41. The van der Waals surface area contributed by atoms with E-state index in [0.29, 0.717) is 6.54 Å². The second-order valence-electron chi connectivity index (χ2n) is 4.84. The first-order valence-corrected chi connectivity index (χ1v) is 5.83. The highest BCUT2D eigenvalue weighted by Crippen LogP contribution is 2.33. The molecule has 0 aromatic carbocycles. The van der Waals surface area contributed by atoms with Gasteiger partial charge in [-0.25, -0.2) is 8.78 Å². The van der Waals surface area contributed by atoms with Gasteiger partial charge in [-0.1, -0.05) is 12.7 Å². The second kappa shape index (κ2) is 5.49. The van der Waals surface area contributed by atoms with Crippen LogP contribution in [0.2, 0.25) is 0 Å². The van der Waals surface area contributed by atoms with Crippen molar-refractivity contribution in [2.24, 2.45) is 5.41 Å². The largest absolute Gasteiger partial charge is 0.487 e. The lowest BCUT2D eigenvalue weighted by Crippen LogP contribution is -2.50. The Morgan fingerprint density at radius 1 is 1.61 bits per heavy atom. The summed E-state index contributed by atoms with van der Waals surface area (Å²) in [6.45, 7) is 6.85. The smallest absolute Gasteiger partial charge is 0.296 e. The highest BCUT2D eigenvalue weighted by molar-refractivity contribution is 5.20. The van der Waals surface area contributed by atoms with Gasteiger partial charge in [-0.3, -0.25) is 0 Å². The molecule has 0 spiro atoms. The predicted octanol–water partition coefficient (Wildman–Crippen LogP) is 2.62. The maximum absolute atomic E-state index is 13.6. The number of alkyl halides is 2. The molecular weight excluding hydrogens is 238 g/mol. The number of allylic oxidation sites excluding steroid dienone is 3. The van der Waals surface area contributed by atoms with Crippen LogP contribution in [0.1, 0.15) is 20.3 Å². The summed E-state index contributed by atoms with van der Waals surface area (Å²) in [4.78, 5) is 0. The number of nitrogens with one attached hydrogen (secondary N) is 1. The van der Waals surface area contributed by atoms with Crippen LogP contribution >= 0.6 is 0 Å². The molecule has 5 heteroatoms. The quantitative estimate of drug-likeness (QED) is 0.621. The lowest BCUT2D eigenvalue weighted by molar-refractivity contribution is -0.136. The molecule has 0 aromatic heterocycles. The number of ether oxygens (including phenoxy) is 1. The molecule has 1 unspecified atom stereocenters. The van der Waals surface area contributed by atoms with Crippen LogP contribution in [0, 0.1) is 16.7 Å². The Bertz CT molecular complexity index is 383. The normalized spacial score (nSPS) is 24.2. The van der Waals surface area contributed by atoms with Crippen LogP contribution in [0.15, 0.2) is 24.5 Å². The van der Waals surface area contributed by atoms with Gasteiger partial charge in [-0.15, -0.1) is 0 Å². The first-order chi connectivity index (χ1) is 8.33. The third-order valence-corrected chi connectivity index (χ3v) is 2.85. The zero-order valence-corrected chi connectivity index (χ0v) is 10.7. The van der Waals surface area contributed by atoms with Crippen LogP contribution in [-0.2, 0) is 4.74 Å². The zero-order valence-electron chi connectivity index (χ0n) is 10.7. The standard InChI is InChI=1S/C13H18F2N2O/c1-4-5-10(12(2,3)8-16)18-11-6-7-17-9-13(11,14)15/h4-5,11,17H,1,6-7,9H2,2-3H3/b10-5+. The minimum atomic E-state index is -2.93. The van der Waals surface area contributed by atoms with Crippen LogP contribution in [0.3, 0.4) is 0 Å². The Labute approximate surface area is 106 Å². The van der Waals surface area contributed by atoms with E-state index in [2.05, 4.69) is 11.9 Å². The number of hydrogen-bond donors (Lipinski definition) is 1.